The number of benzene rings is 1. The van der Waals surface area contributed by atoms with E-state index < -0.39 is 0 Å². The number of aromatic hydroxyl groups is 1. The second kappa shape index (κ2) is 5.29. The number of fused-ring (bicyclic) bond motifs is 2. The van der Waals surface area contributed by atoms with Crippen LogP contribution in [-0.4, -0.2) is 17.9 Å². The molecule has 2 atom stereocenters. The third-order valence-corrected chi connectivity index (χ3v) is 6.37. The molecule has 4 nitrogen and oxygen atoms in total. The van der Waals surface area contributed by atoms with E-state index in [1.54, 1.807) is 25.3 Å². The summed E-state index contributed by atoms with van der Waals surface area (Å²) in [7, 11) is 1.60. The summed E-state index contributed by atoms with van der Waals surface area (Å²) in [6.45, 7) is 11.0. The van der Waals surface area contributed by atoms with E-state index in [2.05, 4.69) is 37.9 Å². The Morgan fingerprint density at radius 2 is 2.13 bits per heavy atom. The maximum atomic E-state index is 10.0. The van der Waals surface area contributed by atoms with Crippen molar-refractivity contribution >= 4 is 11.4 Å². The second-order valence-corrected chi connectivity index (χ2v) is 7.53. The van der Waals surface area contributed by atoms with Crippen molar-refractivity contribution in [1.82, 2.24) is 5.43 Å². The summed E-state index contributed by atoms with van der Waals surface area (Å²) in [5, 5.41) is 14.7. The Balaban J connectivity index is 1.80. The third-order valence-electron chi connectivity index (χ3n) is 6.37. The smallest absolute Gasteiger partial charge is 0.125 e. The van der Waals surface area contributed by atoms with Crippen molar-refractivity contribution in [3.8, 4) is 11.5 Å². The molecule has 0 heterocycles. The van der Waals surface area contributed by atoms with Gasteiger partial charge < -0.3 is 9.84 Å². The van der Waals surface area contributed by atoms with Crippen LogP contribution in [0.4, 0.5) is 0 Å². The van der Waals surface area contributed by atoms with Crippen molar-refractivity contribution in [1.29, 1.82) is 0 Å². The van der Waals surface area contributed by atoms with Gasteiger partial charge in [-0.3, -0.25) is 5.43 Å². The Hall–Kier alpha value is -1.97. The molecule has 2 saturated carbocycles. The number of nitrogens with one attached hydrogen (secondary N) is 1. The van der Waals surface area contributed by atoms with Crippen LogP contribution in [0.1, 0.15) is 45.6 Å². The van der Waals surface area contributed by atoms with Crippen LogP contribution in [0.5, 0.6) is 11.5 Å². The SMILES string of the molecule is C=C(NN=C1CC2CCC1(C)C2(C)C)c1cc(OC)ccc1O. The molecule has 2 aliphatic carbocycles. The second-order valence-electron chi connectivity index (χ2n) is 7.53. The van der Waals surface area contributed by atoms with Gasteiger partial charge in [0.15, 0.2) is 0 Å². The quantitative estimate of drug-likeness (QED) is 0.820. The Labute approximate surface area is 138 Å². The maximum absolute atomic E-state index is 10.0. The average Bonchev–Trinajstić information content (AvgIpc) is 2.86. The van der Waals surface area contributed by atoms with E-state index in [0.717, 1.165) is 6.42 Å². The molecule has 0 spiro atoms. The fourth-order valence-electron chi connectivity index (χ4n) is 4.18. The van der Waals surface area contributed by atoms with Gasteiger partial charge in [-0.05, 0) is 48.8 Å². The lowest BCUT2D eigenvalue weighted by Gasteiger charge is -2.34. The van der Waals surface area contributed by atoms with Gasteiger partial charge in [0, 0.05) is 16.7 Å². The Kier molecular flexibility index (Phi) is 3.66. The van der Waals surface area contributed by atoms with E-state index >= 15 is 0 Å². The van der Waals surface area contributed by atoms with Crippen LogP contribution < -0.4 is 10.2 Å². The molecule has 1 aromatic rings. The van der Waals surface area contributed by atoms with E-state index in [1.165, 1.54) is 18.6 Å². The van der Waals surface area contributed by atoms with E-state index in [9.17, 15) is 5.11 Å². The van der Waals surface area contributed by atoms with Gasteiger partial charge in [0.05, 0.1) is 12.8 Å². The van der Waals surface area contributed by atoms with Crippen LogP contribution >= 0.6 is 0 Å². The fraction of sp³-hybridized carbons (Fsp3) is 0.526. The molecule has 0 amide bonds. The summed E-state index contributed by atoms with van der Waals surface area (Å²) in [5.41, 5.74) is 5.93. The first kappa shape index (κ1) is 15.9. The van der Waals surface area contributed by atoms with E-state index in [1.807, 2.05) is 0 Å². The number of phenols is 1. The first-order valence-electron chi connectivity index (χ1n) is 8.19. The number of nitrogens with zero attached hydrogens (tertiary/aromatic N) is 1. The van der Waals surface area contributed by atoms with Gasteiger partial charge in [-0.2, -0.15) is 5.10 Å². The molecule has 0 aromatic heterocycles. The highest BCUT2D eigenvalue weighted by molar-refractivity contribution is 5.94. The van der Waals surface area contributed by atoms with Gasteiger partial charge in [-0.25, -0.2) is 0 Å². The molecule has 4 heteroatoms. The molecule has 2 unspecified atom stereocenters. The molecule has 23 heavy (non-hydrogen) atoms. The average molecular weight is 314 g/mol. The summed E-state index contributed by atoms with van der Waals surface area (Å²) in [6, 6.07) is 5.09. The molecule has 2 aliphatic rings. The predicted octanol–water partition coefficient (Wildman–Crippen LogP) is 4.16. The van der Waals surface area contributed by atoms with Crippen LogP contribution in [0, 0.1) is 16.7 Å². The summed E-state index contributed by atoms with van der Waals surface area (Å²) >= 11 is 0. The van der Waals surface area contributed by atoms with Crippen molar-refractivity contribution in [2.45, 2.75) is 40.0 Å². The molecule has 2 fully saturated rings. The Morgan fingerprint density at radius 1 is 1.39 bits per heavy atom. The minimum Gasteiger partial charge on any atom is -0.507 e. The molecule has 2 bridgehead atoms. The summed E-state index contributed by atoms with van der Waals surface area (Å²) in [6.07, 6.45) is 3.54. The molecule has 0 radical (unpaired) electrons. The first-order chi connectivity index (χ1) is 10.8. The summed E-state index contributed by atoms with van der Waals surface area (Å²) in [4.78, 5) is 0. The van der Waals surface area contributed by atoms with Crippen LogP contribution in [0.3, 0.4) is 0 Å². The zero-order chi connectivity index (χ0) is 16.8. The van der Waals surface area contributed by atoms with E-state index in [4.69, 9.17) is 4.74 Å². The monoisotopic (exact) mass is 314 g/mol. The summed E-state index contributed by atoms with van der Waals surface area (Å²) in [5.74, 6) is 1.57. The highest BCUT2D eigenvalue weighted by atomic mass is 16.5. The van der Waals surface area contributed by atoms with Crippen molar-refractivity contribution in [3.05, 3.63) is 30.3 Å². The minimum atomic E-state index is 0.154. The molecule has 3 rings (SSSR count). The topological polar surface area (TPSA) is 53.9 Å². The number of hydrogen-bond acceptors (Lipinski definition) is 4. The third kappa shape index (κ3) is 2.32. The lowest BCUT2D eigenvalue weighted by Crippen LogP contribution is -2.33. The summed E-state index contributed by atoms with van der Waals surface area (Å²) < 4.78 is 5.21. The molecule has 124 valence electrons. The van der Waals surface area contributed by atoms with Gasteiger partial charge in [-0.1, -0.05) is 27.4 Å². The minimum absolute atomic E-state index is 0.154. The van der Waals surface area contributed by atoms with Gasteiger partial charge in [0.1, 0.15) is 11.5 Å². The van der Waals surface area contributed by atoms with Crippen molar-refractivity contribution < 1.29 is 9.84 Å². The lowest BCUT2D eigenvalue weighted by molar-refractivity contribution is 0.193. The standard InChI is InChI=1S/C19H26N2O2/c1-12(15-11-14(23-5)6-7-16(15)22)20-21-17-10-13-8-9-19(17,4)18(13,2)3/h6-7,11,13,20,22H,1,8-10H2,2-5H3. The Bertz CT molecular complexity index is 678. The molecular formula is C19H26N2O2. The van der Waals surface area contributed by atoms with Gasteiger partial charge in [-0.15, -0.1) is 0 Å². The Morgan fingerprint density at radius 3 is 2.70 bits per heavy atom. The zero-order valence-electron chi connectivity index (χ0n) is 14.4. The highest BCUT2D eigenvalue weighted by Gasteiger charge is 2.59. The lowest BCUT2D eigenvalue weighted by atomic mass is 9.70. The number of phenolic OH excluding ortho intramolecular Hbond substituents is 1. The molecule has 0 aliphatic heterocycles. The highest BCUT2D eigenvalue weighted by Crippen LogP contribution is 2.63. The van der Waals surface area contributed by atoms with Gasteiger partial charge in [0.2, 0.25) is 0 Å². The molecular weight excluding hydrogens is 288 g/mol. The number of hydrazone groups is 1. The van der Waals surface area contributed by atoms with E-state index in [-0.39, 0.29) is 11.2 Å². The maximum Gasteiger partial charge on any atom is 0.125 e. The first-order valence-corrected chi connectivity index (χ1v) is 8.19. The van der Waals surface area contributed by atoms with E-state index in [0.29, 0.717) is 28.3 Å². The fourth-order valence-corrected chi connectivity index (χ4v) is 4.18. The molecule has 1 aromatic carbocycles. The van der Waals surface area contributed by atoms with Crippen LogP contribution in [-0.2, 0) is 0 Å². The molecule has 0 saturated heterocycles. The normalized spacial score (nSPS) is 29.7. The zero-order valence-corrected chi connectivity index (χ0v) is 14.4. The van der Waals surface area contributed by atoms with Crippen LogP contribution in [0.15, 0.2) is 29.9 Å². The van der Waals surface area contributed by atoms with Crippen LogP contribution in [0.25, 0.3) is 5.70 Å². The number of ether oxygens (including phenoxy) is 1. The number of hydrogen-bond donors (Lipinski definition) is 2. The van der Waals surface area contributed by atoms with Crippen molar-refractivity contribution in [3.63, 3.8) is 0 Å². The van der Waals surface area contributed by atoms with Gasteiger partial charge >= 0.3 is 0 Å². The van der Waals surface area contributed by atoms with Crippen LogP contribution in [0.2, 0.25) is 0 Å². The number of methoxy groups -OCH3 is 1. The molecule has 2 N–H and O–H groups in total. The van der Waals surface area contributed by atoms with Crippen molar-refractivity contribution in [2.75, 3.05) is 7.11 Å². The van der Waals surface area contributed by atoms with Gasteiger partial charge in [0.25, 0.3) is 0 Å². The predicted molar refractivity (Wildman–Crippen MR) is 93.5 cm³/mol. The largest absolute Gasteiger partial charge is 0.507 e. The number of rotatable bonds is 4. The van der Waals surface area contributed by atoms with Crippen molar-refractivity contribution in [2.24, 2.45) is 21.8 Å².